The van der Waals surface area contributed by atoms with Gasteiger partial charge in [0.05, 0.1) is 6.20 Å². The molecule has 0 spiro atoms. The largest absolute Gasteiger partial charge is 0.311 e. The molecule has 39 heavy (non-hydrogen) atoms. The van der Waals surface area contributed by atoms with Gasteiger partial charge in [-0.05, 0) is 87.6 Å². The Kier molecular flexibility index (Phi) is 8.96. The number of carbonyl (C=O) groups is 2. The summed E-state index contributed by atoms with van der Waals surface area (Å²) in [6.07, 6.45) is 7.63. The number of rotatable bonds is 10. The van der Waals surface area contributed by atoms with Gasteiger partial charge in [0.15, 0.2) is 0 Å². The van der Waals surface area contributed by atoms with Gasteiger partial charge in [0.2, 0.25) is 5.91 Å². The van der Waals surface area contributed by atoms with Crippen molar-refractivity contribution in [2.24, 2.45) is 0 Å². The fraction of sp³-hybridized carbons (Fsp3) is 0.233. The van der Waals surface area contributed by atoms with Crippen molar-refractivity contribution in [3.05, 3.63) is 95.8 Å². The first-order chi connectivity index (χ1) is 18.8. The van der Waals surface area contributed by atoms with Crippen LogP contribution in [-0.4, -0.2) is 64.4 Å². The summed E-state index contributed by atoms with van der Waals surface area (Å²) in [6, 6.07) is 18.5. The van der Waals surface area contributed by atoms with E-state index in [9.17, 15) is 9.59 Å². The third-order valence-corrected chi connectivity index (χ3v) is 6.10. The molecule has 200 valence electrons. The van der Waals surface area contributed by atoms with E-state index in [1.165, 1.54) is 6.08 Å². The van der Waals surface area contributed by atoms with Gasteiger partial charge >= 0.3 is 0 Å². The highest BCUT2D eigenvalue weighted by atomic mass is 16.2. The molecule has 2 aromatic carbocycles. The van der Waals surface area contributed by atoms with E-state index in [0.29, 0.717) is 11.4 Å². The van der Waals surface area contributed by atoms with Gasteiger partial charge in [-0.2, -0.15) is 0 Å². The lowest BCUT2D eigenvalue weighted by Gasteiger charge is -2.18. The first-order valence-electron chi connectivity index (χ1n) is 12.7. The molecule has 4 aromatic rings. The zero-order valence-corrected chi connectivity index (χ0v) is 22.7. The van der Waals surface area contributed by atoms with E-state index in [-0.39, 0.29) is 11.8 Å². The molecule has 0 atom stereocenters. The maximum absolute atomic E-state index is 13.0. The molecule has 0 saturated carbocycles. The van der Waals surface area contributed by atoms with Gasteiger partial charge in [0.25, 0.3) is 5.91 Å². The summed E-state index contributed by atoms with van der Waals surface area (Å²) in [5, 5.41) is 11.2. The first kappa shape index (κ1) is 27.4. The van der Waals surface area contributed by atoms with Crippen LogP contribution in [0.1, 0.15) is 27.9 Å². The molecule has 4 rings (SSSR count). The second-order valence-electron chi connectivity index (χ2n) is 9.61. The molecule has 0 aliphatic rings. The van der Waals surface area contributed by atoms with Gasteiger partial charge in [0, 0.05) is 42.7 Å². The Balaban J connectivity index is 1.34. The number of aryl methyl sites for hydroxylation is 2. The standard InChI is InChI=1S/C30H33N7O2/c1-22-8-5-11-26(18-22)36(4)30(39)24-10-6-9-23(19-24)12-15-29(38)32-28-14-13-25(20-31-28)27-21-37(34-33-27)17-7-16-35(2)3/h5-6,8-15,18-21H,7,16-17H2,1-4H3,(H,31,32,38)/b15-12+. The lowest BCUT2D eigenvalue weighted by molar-refractivity contribution is -0.111. The van der Waals surface area contributed by atoms with Crippen LogP contribution in [-0.2, 0) is 11.3 Å². The summed E-state index contributed by atoms with van der Waals surface area (Å²) in [6.45, 7) is 3.76. The van der Waals surface area contributed by atoms with Gasteiger partial charge in [0.1, 0.15) is 11.5 Å². The van der Waals surface area contributed by atoms with Gasteiger partial charge in [-0.25, -0.2) is 4.98 Å². The molecule has 9 nitrogen and oxygen atoms in total. The predicted molar refractivity (Wildman–Crippen MR) is 154 cm³/mol. The summed E-state index contributed by atoms with van der Waals surface area (Å²) in [4.78, 5) is 33.6. The molecule has 0 radical (unpaired) electrons. The molecule has 0 bridgehead atoms. The molecule has 0 fully saturated rings. The molecule has 2 aromatic heterocycles. The third-order valence-electron chi connectivity index (χ3n) is 6.10. The van der Waals surface area contributed by atoms with Crippen LogP contribution in [0, 0.1) is 6.92 Å². The number of aromatic nitrogens is 4. The summed E-state index contributed by atoms with van der Waals surface area (Å²) in [7, 11) is 5.84. The molecular weight excluding hydrogens is 490 g/mol. The molecule has 1 N–H and O–H groups in total. The number of hydrogen-bond acceptors (Lipinski definition) is 6. The lowest BCUT2D eigenvalue weighted by atomic mass is 10.1. The number of nitrogens with one attached hydrogen (secondary N) is 1. The first-order valence-corrected chi connectivity index (χ1v) is 12.7. The smallest absolute Gasteiger partial charge is 0.258 e. The Morgan fingerprint density at radius 2 is 1.85 bits per heavy atom. The van der Waals surface area contributed by atoms with Crippen molar-refractivity contribution < 1.29 is 9.59 Å². The van der Waals surface area contributed by atoms with Crippen molar-refractivity contribution in [2.45, 2.75) is 19.9 Å². The number of hydrogen-bond donors (Lipinski definition) is 1. The van der Waals surface area contributed by atoms with Crippen LogP contribution >= 0.6 is 0 Å². The van der Waals surface area contributed by atoms with E-state index in [4.69, 9.17) is 0 Å². The Hall–Kier alpha value is -4.63. The second kappa shape index (κ2) is 12.7. The molecule has 9 heteroatoms. The van der Waals surface area contributed by atoms with E-state index in [2.05, 4.69) is 25.5 Å². The van der Waals surface area contributed by atoms with Crippen LogP contribution in [0.2, 0.25) is 0 Å². The fourth-order valence-electron chi connectivity index (χ4n) is 3.97. The van der Waals surface area contributed by atoms with E-state index < -0.39 is 0 Å². The highest BCUT2D eigenvalue weighted by molar-refractivity contribution is 6.06. The average molecular weight is 524 g/mol. The van der Waals surface area contributed by atoms with Crippen molar-refractivity contribution in [1.29, 1.82) is 0 Å². The second-order valence-corrected chi connectivity index (χ2v) is 9.61. The Bertz CT molecular complexity index is 1460. The summed E-state index contributed by atoms with van der Waals surface area (Å²) < 4.78 is 1.82. The molecular formula is C30H33N7O2. The SMILES string of the molecule is Cc1cccc(N(C)C(=O)c2cccc(/C=C/C(=O)Nc3ccc(-c4cn(CCCN(C)C)nn4)cn3)c2)c1. The minimum Gasteiger partial charge on any atom is -0.311 e. The van der Waals surface area contributed by atoms with E-state index >= 15 is 0 Å². The Labute approximate surface area is 228 Å². The number of benzene rings is 2. The topological polar surface area (TPSA) is 96.2 Å². The highest BCUT2D eigenvalue weighted by Crippen LogP contribution is 2.19. The van der Waals surface area contributed by atoms with E-state index in [1.54, 1.807) is 48.5 Å². The molecule has 0 unspecified atom stereocenters. The third kappa shape index (κ3) is 7.68. The number of nitrogens with zero attached hydrogens (tertiary/aromatic N) is 6. The normalized spacial score (nSPS) is 11.2. The van der Waals surface area contributed by atoms with Crippen molar-refractivity contribution >= 4 is 29.4 Å². The lowest BCUT2D eigenvalue weighted by Crippen LogP contribution is -2.26. The molecule has 0 aliphatic carbocycles. The molecule has 0 aliphatic heterocycles. The zero-order chi connectivity index (χ0) is 27.8. The number of pyridine rings is 1. The predicted octanol–water partition coefficient (Wildman–Crippen LogP) is 4.53. The van der Waals surface area contributed by atoms with Crippen LogP contribution in [0.15, 0.2) is 79.1 Å². The quantitative estimate of drug-likeness (QED) is 0.307. The zero-order valence-electron chi connectivity index (χ0n) is 22.7. The van der Waals surface area contributed by atoms with E-state index in [0.717, 1.165) is 47.6 Å². The maximum Gasteiger partial charge on any atom is 0.258 e. The van der Waals surface area contributed by atoms with Gasteiger partial charge < -0.3 is 15.1 Å². The van der Waals surface area contributed by atoms with Crippen LogP contribution < -0.4 is 10.2 Å². The Morgan fingerprint density at radius 1 is 1.03 bits per heavy atom. The Morgan fingerprint density at radius 3 is 2.59 bits per heavy atom. The van der Waals surface area contributed by atoms with Crippen molar-refractivity contribution in [3.8, 4) is 11.3 Å². The number of amides is 2. The molecule has 0 saturated heterocycles. The number of carbonyl (C=O) groups excluding carboxylic acids is 2. The average Bonchev–Trinajstić information content (AvgIpc) is 3.40. The van der Waals surface area contributed by atoms with Crippen LogP contribution in [0.25, 0.3) is 17.3 Å². The number of anilines is 2. The fourth-order valence-corrected chi connectivity index (χ4v) is 3.97. The van der Waals surface area contributed by atoms with Crippen LogP contribution in [0.4, 0.5) is 11.5 Å². The maximum atomic E-state index is 13.0. The summed E-state index contributed by atoms with van der Waals surface area (Å²) in [5.74, 6) is -0.0237. The van der Waals surface area contributed by atoms with Crippen molar-refractivity contribution in [1.82, 2.24) is 24.9 Å². The van der Waals surface area contributed by atoms with Gasteiger partial charge in [-0.3, -0.25) is 14.3 Å². The molecule has 2 amide bonds. The van der Waals surface area contributed by atoms with Crippen molar-refractivity contribution in [3.63, 3.8) is 0 Å². The van der Waals surface area contributed by atoms with E-state index in [1.807, 2.05) is 68.3 Å². The van der Waals surface area contributed by atoms with Crippen LogP contribution in [0.5, 0.6) is 0 Å². The van der Waals surface area contributed by atoms with Crippen LogP contribution in [0.3, 0.4) is 0 Å². The van der Waals surface area contributed by atoms with Gasteiger partial charge in [-0.1, -0.05) is 29.5 Å². The minimum atomic E-state index is -0.323. The van der Waals surface area contributed by atoms with Gasteiger partial charge in [-0.15, -0.1) is 5.10 Å². The van der Waals surface area contributed by atoms with Crippen molar-refractivity contribution in [2.75, 3.05) is 37.9 Å². The summed E-state index contributed by atoms with van der Waals surface area (Å²) >= 11 is 0. The minimum absolute atomic E-state index is 0.127. The highest BCUT2D eigenvalue weighted by Gasteiger charge is 2.14. The summed E-state index contributed by atoms with van der Waals surface area (Å²) in [5.41, 5.74) is 4.73. The monoisotopic (exact) mass is 523 g/mol. The molecule has 2 heterocycles.